The van der Waals surface area contributed by atoms with Gasteiger partial charge in [-0.2, -0.15) is 0 Å². The van der Waals surface area contributed by atoms with Crippen molar-refractivity contribution < 1.29 is 9.53 Å². The third-order valence-corrected chi connectivity index (χ3v) is 4.86. The van der Waals surface area contributed by atoms with Crippen LogP contribution in [0.3, 0.4) is 0 Å². The fourth-order valence-electron chi connectivity index (χ4n) is 2.84. The van der Waals surface area contributed by atoms with Crippen LogP contribution in [0.5, 0.6) is 0 Å². The SMILES string of the molecule is Cc1csc(N2CCN([C@H]3CCOC3=O)C[C@H]2C)n1. The summed E-state index contributed by atoms with van der Waals surface area (Å²) < 4.78 is 5.06. The summed E-state index contributed by atoms with van der Waals surface area (Å²) in [6, 6.07) is 0.357. The molecule has 0 spiro atoms. The molecule has 2 saturated heterocycles. The number of cyclic esters (lactones) is 1. The molecule has 5 nitrogen and oxygen atoms in total. The van der Waals surface area contributed by atoms with Gasteiger partial charge in [0, 0.05) is 37.5 Å². The van der Waals surface area contributed by atoms with Crippen molar-refractivity contribution in [3.05, 3.63) is 11.1 Å². The minimum atomic E-state index is -0.0502. The van der Waals surface area contributed by atoms with Gasteiger partial charge in [-0.15, -0.1) is 11.3 Å². The third kappa shape index (κ3) is 2.47. The van der Waals surface area contributed by atoms with Crippen LogP contribution < -0.4 is 4.90 Å². The first-order chi connectivity index (χ1) is 9.15. The van der Waals surface area contributed by atoms with E-state index in [4.69, 9.17) is 4.74 Å². The first-order valence-corrected chi connectivity index (χ1v) is 7.62. The summed E-state index contributed by atoms with van der Waals surface area (Å²) in [5, 5.41) is 3.18. The maximum atomic E-state index is 11.6. The van der Waals surface area contributed by atoms with Crippen molar-refractivity contribution in [3.63, 3.8) is 0 Å². The number of anilines is 1. The second kappa shape index (κ2) is 5.09. The first-order valence-electron chi connectivity index (χ1n) is 6.74. The van der Waals surface area contributed by atoms with Gasteiger partial charge in [-0.1, -0.05) is 0 Å². The molecule has 0 aliphatic carbocycles. The van der Waals surface area contributed by atoms with E-state index < -0.39 is 0 Å². The lowest BCUT2D eigenvalue weighted by Gasteiger charge is -2.41. The average molecular weight is 281 g/mol. The molecule has 0 saturated carbocycles. The number of carbonyl (C=O) groups is 1. The van der Waals surface area contributed by atoms with Crippen molar-refractivity contribution in [1.29, 1.82) is 0 Å². The second-order valence-corrected chi connectivity index (χ2v) is 6.12. The number of aromatic nitrogens is 1. The van der Waals surface area contributed by atoms with E-state index >= 15 is 0 Å². The van der Waals surface area contributed by atoms with E-state index in [1.165, 1.54) is 0 Å². The standard InChI is InChI=1S/C13H19N3O2S/c1-9-8-19-13(14-9)16-5-4-15(7-10(16)2)11-3-6-18-12(11)17/h8,10-11H,3-7H2,1-2H3/t10-,11+/m1/s1. The zero-order valence-electron chi connectivity index (χ0n) is 11.3. The summed E-state index contributed by atoms with van der Waals surface area (Å²) >= 11 is 1.70. The van der Waals surface area contributed by atoms with E-state index in [0.29, 0.717) is 12.6 Å². The fraction of sp³-hybridized carbons (Fsp3) is 0.692. The van der Waals surface area contributed by atoms with Crippen molar-refractivity contribution in [2.24, 2.45) is 0 Å². The molecule has 3 heterocycles. The van der Waals surface area contributed by atoms with Gasteiger partial charge in [0.15, 0.2) is 5.13 Å². The molecule has 1 aromatic rings. The summed E-state index contributed by atoms with van der Waals surface area (Å²) in [4.78, 5) is 20.8. The number of hydrogen-bond donors (Lipinski definition) is 0. The molecule has 2 aliphatic rings. The molecule has 104 valence electrons. The van der Waals surface area contributed by atoms with Crippen molar-refractivity contribution in [1.82, 2.24) is 9.88 Å². The van der Waals surface area contributed by atoms with Crippen LogP contribution in [0.4, 0.5) is 5.13 Å². The van der Waals surface area contributed by atoms with Crippen LogP contribution in [0, 0.1) is 6.92 Å². The predicted octanol–water partition coefficient (Wildman–Crippen LogP) is 1.28. The van der Waals surface area contributed by atoms with Crippen LogP contribution >= 0.6 is 11.3 Å². The Hall–Kier alpha value is -1.14. The Balaban J connectivity index is 1.67. The Morgan fingerprint density at radius 3 is 2.89 bits per heavy atom. The maximum Gasteiger partial charge on any atom is 0.323 e. The smallest absolute Gasteiger partial charge is 0.323 e. The molecule has 0 aromatic carbocycles. The van der Waals surface area contributed by atoms with E-state index in [9.17, 15) is 4.79 Å². The zero-order valence-corrected chi connectivity index (χ0v) is 12.2. The first kappa shape index (κ1) is 12.9. The quantitative estimate of drug-likeness (QED) is 0.764. The number of carbonyl (C=O) groups excluding carboxylic acids is 1. The molecule has 0 N–H and O–H groups in total. The van der Waals surface area contributed by atoms with Crippen molar-refractivity contribution in [2.45, 2.75) is 32.4 Å². The number of rotatable bonds is 2. The van der Waals surface area contributed by atoms with Crippen LogP contribution in [0.15, 0.2) is 5.38 Å². The molecule has 3 rings (SSSR count). The topological polar surface area (TPSA) is 45.7 Å². The Bertz CT molecular complexity index is 476. The summed E-state index contributed by atoms with van der Waals surface area (Å²) in [6.45, 7) is 7.53. The number of esters is 1. The summed E-state index contributed by atoms with van der Waals surface area (Å²) in [5.74, 6) is -0.0502. The van der Waals surface area contributed by atoms with Gasteiger partial charge in [-0.25, -0.2) is 4.98 Å². The van der Waals surface area contributed by atoms with Gasteiger partial charge in [0.2, 0.25) is 0 Å². The molecule has 0 amide bonds. The maximum absolute atomic E-state index is 11.6. The van der Waals surface area contributed by atoms with Gasteiger partial charge in [0.25, 0.3) is 0 Å². The van der Waals surface area contributed by atoms with Gasteiger partial charge in [0.1, 0.15) is 6.04 Å². The van der Waals surface area contributed by atoms with Gasteiger partial charge < -0.3 is 9.64 Å². The lowest BCUT2D eigenvalue weighted by atomic mass is 10.1. The highest BCUT2D eigenvalue weighted by Crippen LogP contribution is 2.26. The monoisotopic (exact) mass is 281 g/mol. The number of thiazole rings is 1. The molecule has 1 aromatic heterocycles. The summed E-state index contributed by atoms with van der Waals surface area (Å²) in [7, 11) is 0. The molecule has 2 aliphatic heterocycles. The van der Waals surface area contributed by atoms with Crippen LogP contribution in [0.2, 0.25) is 0 Å². The van der Waals surface area contributed by atoms with E-state index in [1.807, 2.05) is 6.92 Å². The van der Waals surface area contributed by atoms with Crippen molar-refractivity contribution in [3.8, 4) is 0 Å². The third-order valence-electron chi connectivity index (χ3n) is 3.86. The molecular weight excluding hydrogens is 262 g/mol. The Labute approximate surface area is 117 Å². The highest BCUT2D eigenvalue weighted by Gasteiger charge is 2.36. The van der Waals surface area contributed by atoms with E-state index in [0.717, 1.165) is 36.9 Å². The summed E-state index contributed by atoms with van der Waals surface area (Å²) in [6.07, 6.45) is 0.835. The number of nitrogens with zero attached hydrogens (tertiary/aromatic N) is 3. The molecule has 2 atom stereocenters. The van der Waals surface area contributed by atoms with Crippen molar-refractivity contribution in [2.75, 3.05) is 31.1 Å². The van der Waals surface area contributed by atoms with Crippen LogP contribution in [0.1, 0.15) is 19.0 Å². The highest BCUT2D eigenvalue weighted by atomic mass is 32.1. The van der Waals surface area contributed by atoms with E-state index in [1.54, 1.807) is 11.3 Å². The normalized spacial score (nSPS) is 28.7. The fourth-order valence-corrected chi connectivity index (χ4v) is 3.78. The van der Waals surface area contributed by atoms with Gasteiger partial charge in [-0.3, -0.25) is 9.69 Å². The van der Waals surface area contributed by atoms with E-state index in [2.05, 4.69) is 27.1 Å². The van der Waals surface area contributed by atoms with Crippen LogP contribution in [0.25, 0.3) is 0 Å². The lowest BCUT2D eigenvalue weighted by molar-refractivity contribution is -0.142. The predicted molar refractivity (Wildman–Crippen MR) is 74.6 cm³/mol. The minimum absolute atomic E-state index is 0.0253. The zero-order chi connectivity index (χ0) is 13.4. The number of aryl methyl sites for hydroxylation is 1. The number of ether oxygens (including phenoxy) is 1. The largest absolute Gasteiger partial charge is 0.464 e. The van der Waals surface area contributed by atoms with Crippen LogP contribution in [-0.4, -0.2) is 54.2 Å². The van der Waals surface area contributed by atoms with Gasteiger partial charge in [0.05, 0.1) is 12.3 Å². The lowest BCUT2D eigenvalue weighted by Crippen LogP contribution is -2.56. The molecule has 19 heavy (non-hydrogen) atoms. The molecule has 0 radical (unpaired) electrons. The highest BCUT2D eigenvalue weighted by molar-refractivity contribution is 7.13. The second-order valence-electron chi connectivity index (χ2n) is 5.28. The van der Waals surface area contributed by atoms with Crippen molar-refractivity contribution >= 4 is 22.4 Å². The molecule has 0 bridgehead atoms. The summed E-state index contributed by atoms with van der Waals surface area (Å²) in [5.41, 5.74) is 1.08. The average Bonchev–Trinajstić information content (AvgIpc) is 2.98. The number of piperazine rings is 1. The minimum Gasteiger partial charge on any atom is -0.464 e. The van der Waals surface area contributed by atoms with Gasteiger partial charge >= 0.3 is 5.97 Å². The molecular formula is C13H19N3O2S. The number of hydrogen-bond acceptors (Lipinski definition) is 6. The van der Waals surface area contributed by atoms with Crippen LogP contribution in [-0.2, 0) is 9.53 Å². The molecule has 6 heteroatoms. The Morgan fingerprint density at radius 2 is 2.32 bits per heavy atom. The Morgan fingerprint density at radius 1 is 1.47 bits per heavy atom. The molecule has 2 fully saturated rings. The molecule has 0 unspecified atom stereocenters. The Kier molecular flexibility index (Phi) is 3.45. The van der Waals surface area contributed by atoms with E-state index in [-0.39, 0.29) is 12.0 Å². The van der Waals surface area contributed by atoms with Gasteiger partial charge in [-0.05, 0) is 13.8 Å².